The SMILES string of the molecule is Nc1cccc(/C=C/C(=O)N2CC[C@@H](O)C2)c1. The van der Waals surface area contributed by atoms with Gasteiger partial charge in [-0.25, -0.2) is 0 Å². The van der Waals surface area contributed by atoms with Gasteiger partial charge in [-0.3, -0.25) is 4.79 Å². The Hall–Kier alpha value is -1.81. The number of amides is 1. The average molecular weight is 232 g/mol. The molecule has 4 nitrogen and oxygen atoms in total. The predicted molar refractivity (Wildman–Crippen MR) is 67.1 cm³/mol. The molecular formula is C13H16N2O2. The van der Waals surface area contributed by atoms with Crippen molar-refractivity contribution in [3.63, 3.8) is 0 Å². The van der Waals surface area contributed by atoms with Crippen molar-refractivity contribution >= 4 is 17.7 Å². The lowest BCUT2D eigenvalue weighted by atomic mass is 10.2. The maximum absolute atomic E-state index is 11.7. The Morgan fingerprint density at radius 1 is 1.53 bits per heavy atom. The second-order valence-corrected chi connectivity index (χ2v) is 4.23. The van der Waals surface area contributed by atoms with Crippen LogP contribution in [0.2, 0.25) is 0 Å². The van der Waals surface area contributed by atoms with E-state index in [1.807, 2.05) is 18.2 Å². The Bertz CT molecular complexity index is 443. The lowest BCUT2D eigenvalue weighted by Gasteiger charge is -2.12. The van der Waals surface area contributed by atoms with Gasteiger partial charge in [0.25, 0.3) is 0 Å². The first kappa shape index (κ1) is 11.7. The van der Waals surface area contributed by atoms with Crippen molar-refractivity contribution in [2.75, 3.05) is 18.8 Å². The molecule has 0 unspecified atom stereocenters. The normalized spacial score (nSPS) is 20.1. The van der Waals surface area contributed by atoms with Crippen molar-refractivity contribution < 1.29 is 9.90 Å². The van der Waals surface area contributed by atoms with E-state index < -0.39 is 0 Å². The Kier molecular flexibility index (Phi) is 3.44. The van der Waals surface area contributed by atoms with Gasteiger partial charge in [0, 0.05) is 24.9 Å². The second kappa shape index (κ2) is 5.01. The molecule has 1 aromatic carbocycles. The van der Waals surface area contributed by atoms with Gasteiger partial charge in [-0.1, -0.05) is 12.1 Å². The fourth-order valence-corrected chi connectivity index (χ4v) is 1.88. The first-order valence-electron chi connectivity index (χ1n) is 5.66. The minimum absolute atomic E-state index is 0.0658. The Morgan fingerprint density at radius 3 is 3.00 bits per heavy atom. The number of benzene rings is 1. The number of carbonyl (C=O) groups is 1. The highest BCUT2D eigenvalue weighted by molar-refractivity contribution is 5.92. The number of β-amino-alcohol motifs (C(OH)–C–C–N with tert-alkyl or cyclic N) is 1. The molecule has 0 aliphatic carbocycles. The molecule has 3 N–H and O–H groups in total. The van der Waals surface area contributed by atoms with E-state index in [0.717, 1.165) is 5.56 Å². The molecule has 1 fully saturated rings. The number of aliphatic hydroxyl groups is 1. The number of hydrogen-bond acceptors (Lipinski definition) is 3. The van der Waals surface area contributed by atoms with Gasteiger partial charge in [0.05, 0.1) is 6.10 Å². The molecule has 1 aliphatic rings. The minimum Gasteiger partial charge on any atom is -0.399 e. The van der Waals surface area contributed by atoms with E-state index in [1.54, 1.807) is 17.0 Å². The van der Waals surface area contributed by atoms with Crippen molar-refractivity contribution in [3.05, 3.63) is 35.9 Å². The molecule has 4 heteroatoms. The van der Waals surface area contributed by atoms with Crippen LogP contribution >= 0.6 is 0 Å². The molecule has 1 atom stereocenters. The van der Waals surface area contributed by atoms with Crippen LogP contribution in [0.15, 0.2) is 30.3 Å². The molecule has 0 spiro atoms. The number of nitrogen functional groups attached to an aromatic ring is 1. The van der Waals surface area contributed by atoms with Crippen LogP contribution in [0.5, 0.6) is 0 Å². The van der Waals surface area contributed by atoms with E-state index in [0.29, 0.717) is 25.2 Å². The van der Waals surface area contributed by atoms with Crippen LogP contribution in [0, 0.1) is 0 Å². The number of aliphatic hydroxyl groups excluding tert-OH is 1. The molecule has 0 bridgehead atoms. The summed E-state index contributed by atoms with van der Waals surface area (Å²) in [6.07, 6.45) is 3.55. The van der Waals surface area contributed by atoms with E-state index in [4.69, 9.17) is 5.73 Å². The van der Waals surface area contributed by atoms with Gasteiger partial charge in [0.2, 0.25) is 5.91 Å². The summed E-state index contributed by atoms with van der Waals surface area (Å²) in [5.74, 6) is -0.0658. The molecule has 17 heavy (non-hydrogen) atoms. The quantitative estimate of drug-likeness (QED) is 0.587. The smallest absolute Gasteiger partial charge is 0.246 e. The number of likely N-dealkylation sites (tertiary alicyclic amines) is 1. The second-order valence-electron chi connectivity index (χ2n) is 4.23. The summed E-state index contributed by atoms with van der Waals surface area (Å²) in [6, 6.07) is 7.34. The fraction of sp³-hybridized carbons (Fsp3) is 0.308. The average Bonchev–Trinajstić information content (AvgIpc) is 2.73. The highest BCUT2D eigenvalue weighted by Crippen LogP contribution is 2.11. The zero-order chi connectivity index (χ0) is 12.3. The highest BCUT2D eigenvalue weighted by Gasteiger charge is 2.22. The van der Waals surface area contributed by atoms with E-state index >= 15 is 0 Å². The molecule has 90 valence electrons. The summed E-state index contributed by atoms with van der Waals surface area (Å²) >= 11 is 0. The summed E-state index contributed by atoms with van der Waals surface area (Å²) in [6.45, 7) is 1.06. The number of rotatable bonds is 2. The molecule has 1 amide bonds. The summed E-state index contributed by atoms with van der Waals surface area (Å²) in [7, 11) is 0. The van der Waals surface area contributed by atoms with Crippen molar-refractivity contribution in [2.24, 2.45) is 0 Å². The van der Waals surface area contributed by atoms with Gasteiger partial charge in [-0.2, -0.15) is 0 Å². The molecule has 0 saturated carbocycles. The van der Waals surface area contributed by atoms with Crippen molar-refractivity contribution in [1.82, 2.24) is 4.90 Å². The van der Waals surface area contributed by atoms with Gasteiger partial charge in [0.15, 0.2) is 0 Å². The standard InChI is InChI=1S/C13H16N2O2/c14-11-3-1-2-10(8-11)4-5-13(17)15-7-6-12(16)9-15/h1-5,8,12,16H,6-7,9,14H2/b5-4+/t12-/m1/s1. The lowest BCUT2D eigenvalue weighted by Crippen LogP contribution is -2.27. The lowest BCUT2D eigenvalue weighted by molar-refractivity contribution is -0.125. The van der Waals surface area contributed by atoms with Gasteiger partial charge in [0.1, 0.15) is 0 Å². The summed E-state index contributed by atoms with van der Waals surface area (Å²) in [5.41, 5.74) is 7.22. The zero-order valence-electron chi connectivity index (χ0n) is 9.54. The van der Waals surface area contributed by atoms with Crippen molar-refractivity contribution in [2.45, 2.75) is 12.5 Å². The molecule has 1 aliphatic heterocycles. The highest BCUT2D eigenvalue weighted by atomic mass is 16.3. The molecular weight excluding hydrogens is 216 g/mol. The minimum atomic E-state index is -0.375. The third-order valence-electron chi connectivity index (χ3n) is 2.80. The monoisotopic (exact) mass is 232 g/mol. The maximum Gasteiger partial charge on any atom is 0.246 e. The molecule has 0 radical (unpaired) electrons. The molecule has 2 rings (SSSR count). The number of hydrogen-bond donors (Lipinski definition) is 2. The van der Waals surface area contributed by atoms with E-state index in [1.165, 1.54) is 6.08 Å². The first-order chi connectivity index (χ1) is 8.15. The number of carbonyl (C=O) groups excluding carboxylic acids is 1. The Balaban J connectivity index is 1.98. The van der Waals surface area contributed by atoms with Crippen LogP contribution in [-0.4, -0.2) is 35.1 Å². The third kappa shape index (κ3) is 3.07. The zero-order valence-corrected chi connectivity index (χ0v) is 9.54. The number of anilines is 1. The summed E-state index contributed by atoms with van der Waals surface area (Å²) in [5, 5.41) is 9.34. The van der Waals surface area contributed by atoms with Crippen LogP contribution in [0.3, 0.4) is 0 Å². The van der Waals surface area contributed by atoms with Crippen LogP contribution in [0.1, 0.15) is 12.0 Å². The van der Waals surface area contributed by atoms with Gasteiger partial charge in [-0.15, -0.1) is 0 Å². The maximum atomic E-state index is 11.7. The van der Waals surface area contributed by atoms with Crippen LogP contribution < -0.4 is 5.73 Å². The number of nitrogens with zero attached hydrogens (tertiary/aromatic N) is 1. The van der Waals surface area contributed by atoms with Crippen molar-refractivity contribution in [3.8, 4) is 0 Å². The first-order valence-corrected chi connectivity index (χ1v) is 5.66. The molecule has 1 heterocycles. The number of nitrogens with two attached hydrogens (primary N) is 1. The summed E-state index contributed by atoms with van der Waals surface area (Å²) < 4.78 is 0. The van der Waals surface area contributed by atoms with Gasteiger partial charge in [-0.05, 0) is 30.2 Å². The Labute approximate surface area is 100 Å². The molecule has 0 aromatic heterocycles. The van der Waals surface area contributed by atoms with Crippen LogP contribution in [-0.2, 0) is 4.79 Å². The van der Waals surface area contributed by atoms with E-state index in [9.17, 15) is 9.90 Å². The van der Waals surface area contributed by atoms with E-state index in [-0.39, 0.29) is 12.0 Å². The van der Waals surface area contributed by atoms with Crippen LogP contribution in [0.4, 0.5) is 5.69 Å². The molecule has 1 saturated heterocycles. The summed E-state index contributed by atoms with van der Waals surface area (Å²) in [4.78, 5) is 13.4. The fourth-order valence-electron chi connectivity index (χ4n) is 1.88. The van der Waals surface area contributed by atoms with Gasteiger partial charge < -0.3 is 15.7 Å². The largest absolute Gasteiger partial charge is 0.399 e. The topological polar surface area (TPSA) is 66.6 Å². The predicted octanol–water partition coefficient (Wildman–Crippen LogP) is 0.875. The van der Waals surface area contributed by atoms with E-state index in [2.05, 4.69) is 0 Å². The Morgan fingerprint density at radius 2 is 2.35 bits per heavy atom. The third-order valence-corrected chi connectivity index (χ3v) is 2.80. The molecule has 1 aromatic rings. The van der Waals surface area contributed by atoms with Crippen molar-refractivity contribution in [1.29, 1.82) is 0 Å². The van der Waals surface area contributed by atoms with Gasteiger partial charge >= 0.3 is 0 Å². The van der Waals surface area contributed by atoms with Crippen LogP contribution in [0.25, 0.3) is 6.08 Å².